The molecule has 0 radical (unpaired) electrons. The van der Waals surface area contributed by atoms with Crippen molar-refractivity contribution in [2.75, 3.05) is 24.9 Å². The molecule has 14 aromatic rings. The van der Waals surface area contributed by atoms with Crippen LogP contribution in [0.15, 0.2) is 249 Å². The molecule has 6 nitrogen and oxygen atoms in total. The number of hydrogen-bond acceptors (Lipinski definition) is 6. The Morgan fingerprint density at radius 1 is 0.248 bits per heavy atom. The van der Waals surface area contributed by atoms with Crippen LogP contribution in [0.4, 0.5) is 79.6 Å². The molecule has 0 bridgehead atoms. The predicted molar refractivity (Wildman–Crippen MR) is 449 cm³/mol. The molecule has 6 heterocycles. The molecule has 0 saturated carbocycles. The van der Waals surface area contributed by atoms with E-state index in [9.17, 15) is 0 Å². The van der Waals surface area contributed by atoms with Gasteiger partial charge >= 0.3 is 0 Å². The van der Waals surface area contributed by atoms with Gasteiger partial charge in [0.25, 0.3) is 20.1 Å². The van der Waals surface area contributed by atoms with E-state index in [-0.39, 0.29) is 20.1 Å². The number of fused-ring (bicyclic) bond motifs is 12. The summed E-state index contributed by atoms with van der Waals surface area (Å²) in [5.41, 5.74) is 49.3. The summed E-state index contributed by atoms with van der Waals surface area (Å²) in [5.74, 6) is 1.73. The summed E-state index contributed by atoms with van der Waals surface area (Å²) in [6.45, 7) is 26.7. The second-order valence-corrected chi connectivity index (χ2v) is 30.7. The van der Waals surface area contributed by atoms with Crippen molar-refractivity contribution in [1.29, 1.82) is 0 Å². The normalized spacial score (nSPS) is 13.5. The van der Waals surface area contributed by atoms with Crippen molar-refractivity contribution in [3.63, 3.8) is 0 Å². The summed E-state index contributed by atoms with van der Waals surface area (Å²) in [7, 11) is 0. The molecule has 0 aliphatic carbocycles. The molecule has 0 fully saturated rings. The molecule has 0 unspecified atom stereocenters. The van der Waals surface area contributed by atoms with Crippen molar-refractivity contribution in [3.05, 3.63) is 315 Å². The van der Waals surface area contributed by atoms with E-state index in [4.69, 9.17) is 4.74 Å². The highest BCUT2D eigenvalue weighted by Gasteiger charge is 2.50. The number of aryl methyl sites for hydroxylation is 12. The summed E-state index contributed by atoms with van der Waals surface area (Å²) >= 11 is 0. The zero-order valence-corrected chi connectivity index (χ0v) is 61.6. The molecule has 0 atom stereocenters. The van der Waals surface area contributed by atoms with Gasteiger partial charge in [0.1, 0.15) is 11.5 Å². The molecule has 105 heavy (non-hydrogen) atoms. The summed E-state index contributed by atoms with van der Waals surface area (Å²) in [6.07, 6.45) is 0. The smallest absolute Gasteiger partial charge is 0.256 e. The van der Waals surface area contributed by atoms with Crippen LogP contribution in [0.25, 0.3) is 33.4 Å². The highest BCUT2D eigenvalue weighted by atomic mass is 16.5. The largest absolute Gasteiger partial charge is 0.458 e. The van der Waals surface area contributed by atoms with Crippen molar-refractivity contribution in [2.24, 2.45) is 0 Å². The lowest BCUT2D eigenvalue weighted by Crippen LogP contribution is -2.65. The number of ether oxygens (including phenoxy) is 1. The summed E-state index contributed by atoms with van der Waals surface area (Å²) in [5, 5.41) is 4.31. The molecule has 14 aromatic carbocycles. The Morgan fingerprint density at radius 3 is 1.11 bits per heavy atom. The van der Waals surface area contributed by atoms with Gasteiger partial charge in [-0.2, -0.15) is 0 Å². The quantitative estimate of drug-likeness (QED) is 0.160. The summed E-state index contributed by atoms with van der Waals surface area (Å²) in [4.78, 5) is 10.3. The van der Waals surface area contributed by atoms with E-state index in [2.05, 4.69) is 357 Å². The van der Waals surface area contributed by atoms with Gasteiger partial charge in [-0.15, -0.1) is 0 Å². The first-order valence-electron chi connectivity index (χ1n) is 37.2. The number of para-hydroxylation sites is 4. The molecule has 0 saturated heterocycles. The summed E-state index contributed by atoms with van der Waals surface area (Å²) < 4.78 is 8.05. The van der Waals surface area contributed by atoms with E-state index in [1.54, 1.807) is 0 Å². The van der Waals surface area contributed by atoms with E-state index in [1.165, 1.54) is 178 Å². The maximum atomic E-state index is 8.05. The van der Waals surface area contributed by atoms with Crippen LogP contribution in [0.3, 0.4) is 0 Å². The topological polar surface area (TPSA) is 34.2 Å². The van der Waals surface area contributed by atoms with Crippen LogP contribution in [0.2, 0.25) is 0 Å². The Hall–Kier alpha value is -11.9. The molecular weight excluding hydrogens is 1270 g/mol. The second kappa shape index (κ2) is 23.3. The number of benzene rings is 14. The van der Waals surface area contributed by atoms with E-state index in [1.807, 2.05) is 0 Å². The van der Waals surface area contributed by atoms with Crippen molar-refractivity contribution in [1.82, 2.24) is 0 Å². The molecule has 6 aliphatic heterocycles. The number of hydrogen-bond donors (Lipinski definition) is 1. The fourth-order valence-electron chi connectivity index (χ4n) is 20.0. The van der Waals surface area contributed by atoms with Crippen LogP contribution in [0.5, 0.6) is 11.5 Å². The summed E-state index contributed by atoms with van der Waals surface area (Å²) in [6, 6.07) is 95.2. The standard InChI is InChI=1S/C96H78B3N5O/c1-54-40-62(9)95(63(10)41-54)103-81-52-77-73(97-71-36-19-21-38-79(71)101(69-32-15-13-16-33-69)83-45-66(44-78(100-77)92(83)97)89-56(3)26-23-27-57(89)4)50-74(81)99-76-51-75-82(53-87(76)105-88-49-68(48-86(103)94(88)99)91-60(7)30-25-31-61(91)8)104(96-64(11)42-55(2)43-65(96)12)85-47-67(90-58(5)28-24-29-59(90)6)46-84-93(85)98(75)72-37-20-22-39-80(72)102(84)70-34-17-14-18-35-70/h13-53,100H,1-12H3. The highest BCUT2D eigenvalue weighted by molar-refractivity contribution is 7.04. The Kier molecular flexibility index (Phi) is 13.9. The number of anilines is 14. The number of nitrogens with one attached hydrogen (secondary N) is 1. The van der Waals surface area contributed by atoms with Gasteiger partial charge in [-0.1, -0.05) is 175 Å². The van der Waals surface area contributed by atoms with E-state index < -0.39 is 0 Å². The molecule has 9 heteroatoms. The van der Waals surface area contributed by atoms with E-state index in [0.29, 0.717) is 0 Å². The van der Waals surface area contributed by atoms with Crippen molar-refractivity contribution >= 4 is 149 Å². The van der Waals surface area contributed by atoms with Gasteiger partial charge in [0.05, 0.1) is 11.4 Å². The van der Waals surface area contributed by atoms with Gasteiger partial charge in [-0.25, -0.2) is 0 Å². The SMILES string of the molecule is Cc1cc(C)c(N2c3cc4c(cc3B3c5cc6c(cc5Oc5cc(-c7c(C)cccc7C)cc2c53)N(c2c(C)cc(C)cc2C)c2cc(-c3c(C)cccc3C)cc3c2B6c2ccccc2N3c2ccccc2)B2c3ccccc3N(c3ccccc3)c3cc(-c5c(C)cccc5C)cc(c32)N4)c(C)c1. The predicted octanol–water partition coefficient (Wildman–Crippen LogP) is 19.2. The minimum Gasteiger partial charge on any atom is -0.458 e. The van der Waals surface area contributed by atoms with Crippen molar-refractivity contribution < 1.29 is 4.74 Å². The number of nitrogens with zero attached hydrogens (tertiary/aromatic N) is 4. The maximum Gasteiger partial charge on any atom is 0.256 e. The van der Waals surface area contributed by atoms with Crippen LogP contribution in [0, 0.1) is 83.1 Å². The van der Waals surface area contributed by atoms with E-state index in [0.717, 1.165) is 62.3 Å². The second-order valence-electron chi connectivity index (χ2n) is 30.7. The molecule has 20 rings (SSSR count). The fraction of sp³-hybridized carbons (Fsp3) is 0.125. The zero-order valence-electron chi connectivity index (χ0n) is 61.6. The lowest BCUT2D eigenvalue weighted by atomic mass is 9.29. The van der Waals surface area contributed by atoms with Gasteiger partial charge in [-0.3, -0.25) is 0 Å². The molecule has 502 valence electrons. The van der Waals surface area contributed by atoms with Gasteiger partial charge in [-0.05, 0) is 300 Å². The van der Waals surface area contributed by atoms with Crippen LogP contribution < -0.4 is 78.8 Å². The monoisotopic (exact) mass is 1350 g/mol. The highest BCUT2D eigenvalue weighted by Crippen LogP contribution is 2.53. The van der Waals surface area contributed by atoms with Crippen LogP contribution in [-0.4, -0.2) is 20.1 Å². The van der Waals surface area contributed by atoms with Crippen molar-refractivity contribution in [2.45, 2.75) is 83.1 Å². The Labute approximate surface area is 618 Å². The third-order valence-electron chi connectivity index (χ3n) is 23.9. The first-order chi connectivity index (χ1) is 51.0. The zero-order chi connectivity index (χ0) is 71.3. The lowest BCUT2D eigenvalue weighted by molar-refractivity contribution is 0.488. The average molecular weight is 1350 g/mol. The molecule has 0 amide bonds. The van der Waals surface area contributed by atoms with Crippen LogP contribution in [-0.2, 0) is 0 Å². The Bertz CT molecular complexity index is 6030. The van der Waals surface area contributed by atoms with Crippen LogP contribution in [0.1, 0.15) is 66.8 Å². The fourth-order valence-corrected chi connectivity index (χ4v) is 20.0. The molecule has 6 aliphatic rings. The number of rotatable bonds is 7. The van der Waals surface area contributed by atoms with Crippen molar-refractivity contribution in [3.8, 4) is 44.9 Å². The Balaban J connectivity index is 0.905. The van der Waals surface area contributed by atoms with Crippen LogP contribution >= 0.6 is 0 Å². The molecule has 0 spiro atoms. The van der Waals surface area contributed by atoms with E-state index >= 15 is 0 Å². The minimum atomic E-state index is -0.283. The van der Waals surface area contributed by atoms with Gasteiger partial charge in [0.2, 0.25) is 0 Å². The average Bonchev–Trinajstić information content (AvgIpc) is 0.683. The third kappa shape index (κ3) is 9.26. The first kappa shape index (κ1) is 62.8. The minimum absolute atomic E-state index is 0.129. The molecule has 1 N–H and O–H groups in total. The third-order valence-corrected chi connectivity index (χ3v) is 23.9. The molecule has 0 aromatic heterocycles. The van der Waals surface area contributed by atoms with Gasteiger partial charge in [0, 0.05) is 74.3 Å². The van der Waals surface area contributed by atoms with Gasteiger partial charge in [0.15, 0.2) is 0 Å². The van der Waals surface area contributed by atoms with Gasteiger partial charge < -0.3 is 29.7 Å². The lowest BCUT2D eigenvalue weighted by Gasteiger charge is -2.46. The Morgan fingerprint density at radius 2 is 0.629 bits per heavy atom. The maximum absolute atomic E-state index is 8.05. The first-order valence-corrected chi connectivity index (χ1v) is 37.2. The molecular formula is C96H78B3N5O.